The molecule has 0 rings (SSSR count). The number of carbonyl (C=O) groups is 3. The van der Waals surface area contributed by atoms with E-state index in [-0.39, 0.29) is 6.61 Å². The highest BCUT2D eigenvalue weighted by molar-refractivity contribution is 6.31. The molecule has 0 aromatic heterocycles. The SMILES string of the molecule is CCOC(=O)C(=O)OC(=O)N(C)C. The molecule has 0 N–H and O–H groups in total. The minimum atomic E-state index is -1.31. The molecular formula is C7H11NO5. The normalized spacial score (nSPS) is 8.85. The van der Waals surface area contributed by atoms with Crippen molar-refractivity contribution in [2.24, 2.45) is 0 Å². The van der Waals surface area contributed by atoms with Crippen molar-refractivity contribution in [2.45, 2.75) is 6.92 Å². The fourth-order valence-corrected chi connectivity index (χ4v) is 0.402. The molecule has 13 heavy (non-hydrogen) atoms. The molecule has 0 aliphatic rings. The van der Waals surface area contributed by atoms with Crippen molar-refractivity contribution < 1.29 is 23.9 Å². The van der Waals surface area contributed by atoms with Gasteiger partial charge in [-0.25, -0.2) is 14.4 Å². The summed E-state index contributed by atoms with van der Waals surface area (Å²) in [6.07, 6.45) is -0.905. The van der Waals surface area contributed by atoms with E-state index in [1.807, 2.05) is 0 Å². The number of carbonyl (C=O) groups excluding carboxylic acids is 3. The van der Waals surface area contributed by atoms with E-state index in [9.17, 15) is 14.4 Å². The van der Waals surface area contributed by atoms with Gasteiger partial charge in [-0.1, -0.05) is 0 Å². The molecule has 0 unspecified atom stereocenters. The average molecular weight is 189 g/mol. The van der Waals surface area contributed by atoms with Gasteiger partial charge in [-0.3, -0.25) is 0 Å². The standard InChI is InChI=1S/C7H11NO5/c1-4-12-5(9)6(10)13-7(11)8(2)3/h4H2,1-3H3. The largest absolute Gasteiger partial charge is 0.458 e. The van der Waals surface area contributed by atoms with Crippen molar-refractivity contribution >= 4 is 18.0 Å². The quantitative estimate of drug-likeness (QED) is 0.324. The molecular weight excluding hydrogens is 178 g/mol. The van der Waals surface area contributed by atoms with Gasteiger partial charge < -0.3 is 14.4 Å². The summed E-state index contributed by atoms with van der Waals surface area (Å²) in [6.45, 7) is 1.60. The van der Waals surface area contributed by atoms with Crippen LogP contribution in [0.25, 0.3) is 0 Å². The summed E-state index contributed by atoms with van der Waals surface area (Å²) in [6, 6.07) is 0. The number of nitrogens with zero attached hydrogens (tertiary/aromatic N) is 1. The van der Waals surface area contributed by atoms with Crippen LogP contribution < -0.4 is 0 Å². The van der Waals surface area contributed by atoms with Crippen LogP contribution in [-0.2, 0) is 19.1 Å². The molecule has 0 aromatic carbocycles. The van der Waals surface area contributed by atoms with Crippen molar-refractivity contribution in [3.63, 3.8) is 0 Å². The molecule has 6 heteroatoms. The van der Waals surface area contributed by atoms with Gasteiger partial charge in [-0.2, -0.15) is 0 Å². The van der Waals surface area contributed by atoms with Crippen LogP contribution >= 0.6 is 0 Å². The number of ether oxygens (including phenoxy) is 2. The summed E-state index contributed by atoms with van der Waals surface area (Å²) < 4.78 is 8.40. The van der Waals surface area contributed by atoms with Crippen molar-refractivity contribution in [2.75, 3.05) is 20.7 Å². The predicted octanol–water partition coefficient (Wildman–Crippen LogP) is -0.226. The van der Waals surface area contributed by atoms with Crippen LogP contribution in [0.2, 0.25) is 0 Å². The van der Waals surface area contributed by atoms with Crippen molar-refractivity contribution in [1.29, 1.82) is 0 Å². The maximum Gasteiger partial charge on any atom is 0.426 e. The predicted molar refractivity (Wildman–Crippen MR) is 41.8 cm³/mol. The Hall–Kier alpha value is -1.59. The van der Waals surface area contributed by atoms with E-state index in [1.165, 1.54) is 14.1 Å². The smallest absolute Gasteiger partial charge is 0.426 e. The Balaban J connectivity index is 4.01. The van der Waals surface area contributed by atoms with Gasteiger partial charge in [0.2, 0.25) is 0 Å². The Bertz CT molecular complexity index is 223. The Morgan fingerprint density at radius 3 is 2.08 bits per heavy atom. The van der Waals surface area contributed by atoms with Crippen molar-refractivity contribution in [3.05, 3.63) is 0 Å². The summed E-state index contributed by atoms with van der Waals surface area (Å²) in [5, 5.41) is 0. The summed E-state index contributed by atoms with van der Waals surface area (Å²) in [5.41, 5.74) is 0. The molecule has 74 valence electrons. The average Bonchev–Trinajstić information content (AvgIpc) is 2.04. The van der Waals surface area contributed by atoms with E-state index in [0.29, 0.717) is 0 Å². The third kappa shape index (κ3) is 4.09. The maximum absolute atomic E-state index is 10.7. The first-order chi connectivity index (χ1) is 5.99. The maximum atomic E-state index is 10.7. The molecule has 0 saturated carbocycles. The van der Waals surface area contributed by atoms with Gasteiger partial charge in [0.25, 0.3) is 0 Å². The van der Waals surface area contributed by atoms with Crippen LogP contribution in [0.5, 0.6) is 0 Å². The number of rotatable bonds is 1. The third-order valence-corrected chi connectivity index (χ3v) is 0.987. The highest BCUT2D eigenvalue weighted by atomic mass is 16.6. The van der Waals surface area contributed by atoms with Crippen LogP contribution in [0, 0.1) is 0 Å². The van der Waals surface area contributed by atoms with Crippen LogP contribution in [0.15, 0.2) is 0 Å². The highest BCUT2D eigenvalue weighted by Gasteiger charge is 2.21. The van der Waals surface area contributed by atoms with Crippen molar-refractivity contribution in [3.8, 4) is 0 Å². The molecule has 0 aliphatic carbocycles. The first-order valence-electron chi connectivity index (χ1n) is 3.59. The third-order valence-electron chi connectivity index (χ3n) is 0.987. The minimum absolute atomic E-state index is 0.0596. The molecule has 0 fully saturated rings. The van der Waals surface area contributed by atoms with Gasteiger partial charge in [-0.05, 0) is 6.92 Å². The van der Waals surface area contributed by atoms with Gasteiger partial charge in [0.15, 0.2) is 0 Å². The molecule has 0 bridgehead atoms. The Morgan fingerprint density at radius 1 is 1.15 bits per heavy atom. The molecule has 0 atom stereocenters. The van der Waals surface area contributed by atoms with Crippen LogP contribution in [-0.4, -0.2) is 43.6 Å². The molecule has 0 heterocycles. The number of hydrogen-bond donors (Lipinski definition) is 0. The topological polar surface area (TPSA) is 72.9 Å². The summed E-state index contributed by atoms with van der Waals surface area (Å²) in [4.78, 5) is 33.1. The first-order valence-corrected chi connectivity index (χ1v) is 3.59. The fourth-order valence-electron chi connectivity index (χ4n) is 0.402. The van der Waals surface area contributed by atoms with Gasteiger partial charge in [0, 0.05) is 14.1 Å². The Labute approximate surface area is 75.4 Å². The van der Waals surface area contributed by atoms with Gasteiger partial charge in [0.1, 0.15) is 0 Å². The molecule has 0 aliphatic heterocycles. The molecule has 0 radical (unpaired) electrons. The highest BCUT2D eigenvalue weighted by Crippen LogP contribution is 1.89. The van der Waals surface area contributed by atoms with Gasteiger partial charge in [0.05, 0.1) is 6.61 Å². The summed E-state index contributed by atoms with van der Waals surface area (Å²) >= 11 is 0. The molecule has 0 spiro atoms. The van der Waals surface area contributed by atoms with Crippen molar-refractivity contribution in [1.82, 2.24) is 4.90 Å². The Kier molecular flexibility index (Phi) is 4.50. The summed E-state index contributed by atoms with van der Waals surface area (Å²) in [5.74, 6) is -2.47. The Morgan fingerprint density at radius 2 is 1.69 bits per heavy atom. The number of amides is 1. The number of hydrogen-bond acceptors (Lipinski definition) is 5. The fraction of sp³-hybridized carbons (Fsp3) is 0.571. The lowest BCUT2D eigenvalue weighted by atomic mass is 10.7. The van der Waals surface area contributed by atoms with Gasteiger partial charge in [-0.15, -0.1) is 0 Å². The zero-order valence-corrected chi connectivity index (χ0v) is 7.70. The van der Waals surface area contributed by atoms with Crippen LogP contribution in [0.1, 0.15) is 6.92 Å². The van der Waals surface area contributed by atoms with E-state index < -0.39 is 18.0 Å². The van der Waals surface area contributed by atoms with E-state index in [2.05, 4.69) is 9.47 Å². The molecule has 6 nitrogen and oxygen atoms in total. The lowest BCUT2D eigenvalue weighted by Gasteiger charge is -2.08. The van der Waals surface area contributed by atoms with E-state index >= 15 is 0 Å². The van der Waals surface area contributed by atoms with Crippen LogP contribution in [0.3, 0.4) is 0 Å². The van der Waals surface area contributed by atoms with Crippen LogP contribution in [0.4, 0.5) is 4.79 Å². The second-order valence-electron chi connectivity index (χ2n) is 2.27. The van der Waals surface area contributed by atoms with Gasteiger partial charge >= 0.3 is 18.0 Å². The minimum Gasteiger partial charge on any atom is -0.458 e. The summed E-state index contributed by atoms with van der Waals surface area (Å²) in [7, 11) is 2.78. The van der Waals surface area contributed by atoms with E-state index in [0.717, 1.165) is 4.90 Å². The lowest BCUT2D eigenvalue weighted by molar-refractivity contribution is -0.164. The van der Waals surface area contributed by atoms with E-state index in [1.54, 1.807) is 6.92 Å². The second kappa shape index (κ2) is 5.13. The lowest BCUT2D eigenvalue weighted by Crippen LogP contribution is -2.30. The zero-order chi connectivity index (χ0) is 10.4. The molecule has 1 amide bonds. The molecule has 0 aromatic rings. The second-order valence-corrected chi connectivity index (χ2v) is 2.27. The monoisotopic (exact) mass is 189 g/mol. The number of esters is 2. The molecule has 0 saturated heterocycles. The van der Waals surface area contributed by atoms with E-state index in [4.69, 9.17) is 0 Å². The first kappa shape index (κ1) is 11.4. The zero-order valence-electron chi connectivity index (χ0n) is 7.70.